The van der Waals surface area contributed by atoms with Crippen LogP contribution in [-0.4, -0.2) is 38.0 Å². The number of ether oxygens (including phenoxy) is 1. The molecule has 0 radical (unpaired) electrons. The molecule has 4 N–H and O–H groups in total. The highest BCUT2D eigenvalue weighted by Crippen LogP contribution is 2.34. The summed E-state index contributed by atoms with van der Waals surface area (Å²) in [5, 5.41) is 13.2. The van der Waals surface area contributed by atoms with Crippen LogP contribution in [0.4, 0.5) is 30.6 Å². The minimum Gasteiger partial charge on any atom is -0.383 e. The minimum atomic E-state index is -4.52. The summed E-state index contributed by atoms with van der Waals surface area (Å²) in [6.07, 6.45) is -2.71. The summed E-state index contributed by atoms with van der Waals surface area (Å²) in [5.74, 6) is 1.13. The van der Waals surface area contributed by atoms with Gasteiger partial charge in [-0.05, 0) is 48.6 Å². The van der Waals surface area contributed by atoms with Crippen molar-refractivity contribution in [3.8, 4) is 0 Å². The summed E-state index contributed by atoms with van der Waals surface area (Å²) in [6.45, 7) is 1.41. The number of anilines is 3. The van der Waals surface area contributed by atoms with E-state index in [1.165, 1.54) is 18.2 Å². The monoisotopic (exact) mass is 417 g/mol. The van der Waals surface area contributed by atoms with Crippen molar-refractivity contribution in [3.05, 3.63) is 41.6 Å². The molecule has 0 aliphatic carbocycles. The third kappa shape index (κ3) is 3.20. The molecule has 0 unspecified atom stereocenters. The van der Waals surface area contributed by atoms with Gasteiger partial charge in [-0.15, -0.1) is 5.10 Å². The molecule has 1 saturated heterocycles. The number of fused-ring (bicyclic) bond motifs is 2. The topological polar surface area (TPSA) is 106 Å². The number of alkyl halides is 3. The van der Waals surface area contributed by atoms with Crippen molar-refractivity contribution in [1.29, 1.82) is 0 Å². The fourth-order valence-corrected chi connectivity index (χ4v) is 3.83. The van der Waals surface area contributed by atoms with Crippen molar-refractivity contribution in [3.63, 3.8) is 0 Å². The lowest BCUT2D eigenvalue weighted by Gasteiger charge is -2.23. The zero-order valence-corrected chi connectivity index (χ0v) is 15.7. The van der Waals surface area contributed by atoms with Crippen molar-refractivity contribution in [1.82, 2.24) is 24.8 Å². The summed E-state index contributed by atoms with van der Waals surface area (Å²) < 4.78 is 45.9. The van der Waals surface area contributed by atoms with E-state index in [0.29, 0.717) is 42.2 Å². The first-order valence-corrected chi connectivity index (χ1v) is 9.45. The maximum atomic E-state index is 13.0. The van der Waals surface area contributed by atoms with E-state index in [2.05, 4.69) is 25.6 Å². The number of hydrogen-bond donors (Lipinski definition) is 3. The van der Waals surface area contributed by atoms with E-state index < -0.39 is 11.9 Å². The first kappa shape index (κ1) is 18.7. The molecule has 8 nitrogen and oxygen atoms in total. The number of benzene rings is 1. The van der Waals surface area contributed by atoms with Gasteiger partial charge in [0.25, 0.3) is 0 Å². The van der Waals surface area contributed by atoms with Gasteiger partial charge in [-0.3, -0.25) is 5.10 Å². The normalized spacial score (nSPS) is 15.8. The number of hydrogen-bond acceptors (Lipinski definition) is 6. The maximum Gasteiger partial charge on any atom is 0.435 e. The number of nitrogens with zero attached hydrogens (tertiary/aromatic N) is 4. The van der Waals surface area contributed by atoms with Crippen LogP contribution in [0, 0.1) is 0 Å². The molecule has 156 valence electrons. The molecule has 1 fully saturated rings. The molecule has 5 rings (SSSR count). The first-order chi connectivity index (χ1) is 14.4. The Hall–Kier alpha value is -3.34. The molecule has 1 aliphatic rings. The van der Waals surface area contributed by atoms with Gasteiger partial charge in [-0.25, -0.2) is 0 Å². The van der Waals surface area contributed by atoms with Gasteiger partial charge in [-0.1, -0.05) is 6.07 Å². The lowest BCUT2D eigenvalue weighted by Crippen LogP contribution is -2.16. The quantitative estimate of drug-likeness (QED) is 0.468. The first-order valence-electron chi connectivity index (χ1n) is 9.45. The van der Waals surface area contributed by atoms with Crippen molar-refractivity contribution >= 4 is 34.0 Å². The van der Waals surface area contributed by atoms with Gasteiger partial charge in [0.05, 0.1) is 5.52 Å². The van der Waals surface area contributed by atoms with Gasteiger partial charge in [0.2, 0.25) is 5.95 Å². The van der Waals surface area contributed by atoms with Crippen molar-refractivity contribution in [2.24, 2.45) is 0 Å². The molecule has 1 aliphatic heterocycles. The van der Waals surface area contributed by atoms with Crippen LogP contribution < -0.4 is 11.1 Å². The molecule has 0 atom stereocenters. The number of halogens is 3. The maximum absolute atomic E-state index is 13.0. The molecule has 1 aromatic carbocycles. The largest absolute Gasteiger partial charge is 0.435 e. The van der Waals surface area contributed by atoms with E-state index in [9.17, 15) is 13.2 Å². The predicted molar refractivity (Wildman–Crippen MR) is 105 cm³/mol. The Balaban J connectivity index is 1.44. The molecular weight excluding hydrogens is 399 g/mol. The van der Waals surface area contributed by atoms with Gasteiger partial charge in [0.1, 0.15) is 5.82 Å². The number of H-pyrrole nitrogens is 1. The van der Waals surface area contributed by atoms with Crippen LogP contribution in [0.15, 0.2) is 30.3 Å². The van der Waals surface area contributed by atoms with E-state index in [0.717, 1.165) is 18.4 Å². The Morgan fingerprint density at radius 1 is 1.17 bits per heavy atom. The number of nitrogens with one attached hydrogen (secondary N) is 2. The summed E-state index contributed by atoms with van der Waals surface area (Å²) in [6, 6.07) is 8.23. The average molecular weight is 417 g/mol. The SMILES string of the molecule is Nc1c(C2CCOCC2)ccc2nc(Nc3ccc4c(C(F)(F)F)n[nH]c4c3)nn12. The molecule has 0 spiro atoms. The summed E-state index contributed by atoms with van der Waals surface area (Å²) in [4.78, 5) is 4.41. The lowest BCUT2D eigenvalue weighted by atomic mass is 9.92. The van der Waals surface area contributed by atoms with Crippen LogP contribution in [0.1, 0.15) is 30.0 Å². The third-order valence-electron chi connectivity index (χ3n) is 5.32. The zero-order chi connectivity index (χ0) is 20.9. The van der Waals surface area contributed by atoms with E-state index in [1.54, 1.807) is 4.52 Å². The van der Waals surface area contributed by atoms with Crippen LogP contribution >= 0.6 is 0 Å². The Morgan fingerprint density at radius 3 is 2.73 bits per heavy atom. The highest BCUT2D eigenvalue weighted by molar-refractivity contribution is 5.85. The Morgan fingerprint density at radius 2 is 1.97 bits per heavy atom. The fraction of sp³-hybridized carbons (Fsp3) is 0.316. The highest BCUT2D eigenvalue weighted by atomic mass is 19.4. The second kappa shape index (κ2) is 6.87. The molecule has 0 amide bonds. The average Bonchev–Trinajstić information content (AvgIpc) is 3.33. The van der Waals surface area contributed by atoms with Crippen LogP contribution in [0.2, 0.25) is 0 Å². The third-order valence-corrected chi connectivity index (χ3v) is 5.32. The summed E-state index contributed by atoms with van der Waals surface area (Å²) in [5.41, 5.74) is 7.78. The van der Waals surface area contributed by atoms with Crippen LogP contribution in [0.5, 0.6) is 0 Å². The van der Waals surface area contributed by atoms with Crippen LogP contribution in [0.3, 0.4) is 0 Å². The van der Waals surface area contributed by atoms with Gasteiger partial charge in [0, 0.05) is 24.3 Å². The smallest absolute Gasteiger partial charge is 0.383 e. The van der Waals surface area contributed by atoms with E-state index in [1.807, 2.05) is 12.1 Å². The van der Waals surface area contributed by atoms with E-state index >= 15 is 0 Å². The van der Waals surface area contributed by atoms with Crippen molar-refractivity contribution < 1.29 is 17.9 Å². The summed E-state index contributed by atoms with van der Waals surface area (Å²) in [7, 11) is 0. The molecule has 3 aromatic heterocycles. The summed E-state index contributed by atoms with van der Waals surface area (Å²) >= 11 is 0. The number of rotatable bonds is 3. The Bertz CT molecular complexity index is 1220. The van der Waals surface area contributed by atoms with Crippen LogP contribution in [0.25, 0.3) is 16.6 Å². The lowest BCUT2D eigenvalue weighted by molar-refractivity contribution is -0.139. The molecule has 0 bridgehead atoms. The van der Waals surface area contributed by atoms with Gasteiger partial charge in [0.15, 0.2) is 11.3 Å². The van der Waals surface area contributed by atoms with Crippen molar-refractivity contribution in [2.45, 2.75) is 24.9 Å². The highest BCUT2D eigenvalue weighted by Gasteiger charge is 2.35. The second-order valence-electron chi connectivity index (χ2n) is 7.22. The second-order valence-corrected chi connectivity index (χ2v) is 7.22. The van der Waals surface area contributed by atoms with E-state index in [4.69, 9.17) is 10.5 Å². The Labute approximate surface area is 168 Å². The van der Waals surface area contributed by atoms with Gasteiger partial charge >= 0.3 is 6.18 Å². The number of aromatic amines is 1. The molecule has 30 heavy (non-hydrogen) atoms. The van der Waals surface area contributed by atoms with Gasteiger partial charge in [-0.2, -0.15) is 27.8 Å². The van der Waals surface area contributed by atoms with Gasteiger partial charge < -0.3 is 15.8 Å². The molecule has 11 heteroatoms. The zero-order valence-electron chi connectivity index (χ0n) is 15.7. The standard InChI is InChI=1S/C19H18F3N7O/c20-19(21,22)16-13-2-1-11(9-14(13)26-27-16)24-18-25-15-4-3-12(17(23)29(15)28-18)10-5-7-30-8-6-10/h1-4,9-10H,5-8,23H2,(H,24,28)(H,26,27). The van der Waals surface area contributed by atoms with Crippen molar-refractivity contribution in [2.75, 3.05) is 24.3 Å². The molecule has 0 saturated carbocycles. The number of aromatic nitrogens is 5. The molecule has 4 heterocycles. The number of pyridine rings is 1. The minimum absolute atomic E-state index is 0.00126. The Kier molecular flexibility index (Phi) is 4.28. The fourth-order valence-electron chi connectivity index (χ4n) is 3.83. The molecular formula is C19H18F3N7O. The van der Waals surface area contributed by atoms with Crippen LogP contribution in [-0.2, 0) is 10.9 Å². The predicted octanol–water partition coefficient (Wildman–Crippen LogP) is 3.84. The number of nitrogens with two attached hydrogens (primary N) is 1. The number of nitrogen functional groups attached to an aromatic ring is 1. The molecule has 4 aromatic rings. The van der Waals surface area contributed by atoms with E-state index in [-0.39, 0.29) is 10.9 Å².